The van der Waals surface area contributed by atoms with E-state index in [4.69, 9.17) is 0 Å². The smallest absolute Gasteiger partial charge is 0.223 e. The first-order valence-electron chi connectivity index (χ1n) is 7.87. The van der Waals surface area contributed by atoms with E-state index in [-0.39, 0.29) is 18.9 Å². The molecule has 126 valence electrons. The molecule has 0 saturated carbocycles. The highest BCUT2D eigenvalue weighted by atomic mass is 19.2. The highest BCUT2D eigenvalue weighted by Gasteiger charge is 2.35. The number of nitrogens with zero attached hydrogens (tertiary/aromatic N) is 2. The number of aliphatic hydroxyl groups excluding tert-OH is 1. The van der Waals surface area contributed by atoms with Crippen molar-refractivity contribution in [3.63, 3.8) is 0 Å². The van der Waals surface area contributed by atoms with Gasteiger partial charge in [-0.05, 0) is 42.7 Å². The molecule has 4 nitrogen and oxygen atoms in total. The number of hydrogen-bond donors (Lipinski definition) is 1. The SMILES string of the molecule is O=C(CCc1ccccn1)N1C[C@@H](O)C[C@H]1c1ccc(F)c(F)c1. The van der Waals surface area contributed by atoms with Crippen molar-refractivity contribution in [2.75, 3.05) is 6.54 Å². The van der Waals surface area contributed by atoms with Crippen molar-refractivity contribution in [2.24, 2.45) is 0 Å². The maximum absolute atomic E-state index is 13.5. The molecule has 1 aromatic carbocycles. The lowest BCUT2D eigenvalue weighted by Crippen LogP contribution is -2.32. The normalized spacial score (nSPS) is 20.4. The van der Waals surface area contributed by atoms with Gasteiger partial charge in [0.05, 0.1) is 12.1 Å². The van der Waals surface area contributed by atoms with Gasteiger partial charge in [-0.15, -0.1) is 0 Å². The van der Waals surface area contributed by atoms with E-state index in [1.165, 1.54) is 6.07 Å². The van der Waals surface area contributed by atoms with Crippen molar-refractivity contribution in [1.29, 1.82) is 0 Å². The van der Waals surface area contributed by atoms with Crippen LogP contribution in [0.1, 0.15) is 30.1 Å². The number of carbonyl (C=O) groups excluding carboxylic acids is 1. The zero-order valence-electron chi connectivity index (χ0n) is 13.0. The van der Waals surface area contributed by atoms with Crippen LogP contribution in [0.15, 0.2) is 42.6 Å². The average molecular weight is 332 g/mol. The van der Waals surface area contributed by atoms with E-state index in [1.807, 2.05) is 12.1 Å². The molecule has 1 aliphatic rings. The Morgan fingerprint density at radius 1 is 1.25 bits per heavy atom. The number of aliphatic hydroxyl groups is 1. The first-order chi connectivity index (χ1) is 11.5. The molecule has 0 spiro atoms. The van der Waals surface area contributed by atoms with Gasteiger partial charge in [-0.2, -0.15) is 0 Å². The minimum atomic E-state index is -0.949. The number of aromatic nitrogens is 1. The lowest BCUT2D eigenvalue weighted by Gasteiger charge is -2.25. The number of pyridine rings is 1. The Labute approximate surface area is 138 Å². The van der Waals surface area contributed by atoms with Gasteiger partial charge < -0.3 is 10.0 Å². The molecule has 1 aromatic heterocycles. The maximum atomic E-state index is 13.5. The zero-order valence-corrected chi connectivity index (χ0v) is 13.0. The van der Waals surface area contributed by atoms with Crippen LogP contribution in [-0.2, 0) is 11.2 Å². The fourth-order valence-electron chi connectivity index (χ4n) is 3.05. The molecular formula is C18H18F2N2O2. The molecule has 1 saturated heterocycles. The number of β-amino-alcohol motifs (C(OH)–C–C–N with tert-alkyl or cyclic N) is 1. The summed E-state index contributed by atoms with van der Waals surface area (Å²) < 4.78 is 26.6. The van der Waals surface area contributed by atoms with Crippen LogP contribution < -0.4 is 0 Å². The summed E-state index contributed by atoms with van der Waals surface area (Å²) in [6.07, 6.45) is 2.08. The van der Waals surface area contributed by atoms with Crippen LogP contribution in [0.5, 0.6) is 0 Å². The predicted molar refractivity (Wildman–Crippen MR) is 84.0 cm³/mol. The van der Waals surface area contributed by atoms with Crippen molar-refractivity contribution < 1.29 is 18.7 Å². The molecule has 0 aliphatic carbocycles. The lowest BCUT2D eigenvalue weighted by molar-refractivity contribution is -0.132. The van der Waals surface area contributed by atoms with E-state index in [9.17, 15) is 18.7 Å². The standard InChI is InChI=1S/C18H18F2N2O2/c19-15-6-4-12(9-16(15)20)17-10-14(23)11-22(17)18(24)7-5-13-3-1-2-8-21-13/h1-4,6,8-9,14,17,23H,5,7,10-11H2/t14-,17-/m0/s1. The molecule has 2 aromatic rings. The molecule has 0 bridgehead atoms. The second kappa shape index (κ2) is 7.05. The molecule has 3 rings (SSSR count). The van der Waals surface area contributed by atoms with Gasteiger partial charge in [-0.25, -0.2) is 8.78 Å². The monoisotopic (exact) mass is 332 g/mol. The summed E-state index contributed by atoms with van der Waals surface area (Å²) in [6.45, 7) is 0.199. The topological polar surface area (TPSA) is 53.4 Å². The fourth-order valence-corrected chi connectivity index (χ4v) is 3.05. The molecule has 1 N–H and O–H groups in total. The number of aryl methyl sites for hydroxylation is 1. The van der Waals surface area contributed by atoms with E-state index < -0.39 is 23.8 Å². The van der Waals surface area contributed by atoms with Crippen molar-refractivity contribution in [3.05, 3.63) is 65.5 Å². The van der Waals surface area contributed by atoms with Gasteiger partial charge in [0.25, 0.3) is 0 Å². The largest absolute Gasteiger partial charge is 0.391 e. The molecule has 6 heteroatoms. The Balaban J connectivity index is 1.72. The Hall–Kier alpha value is -2.34. The van der Waals surface area contributed by atoms with Gasteiger partial charge in [-0.3, -0.25) is 9.78 Å². The summed E-state index contributed by atoms with van der Waals surface area (Å²) in [7, 11) is 0. The Bertz CT molecular complexity index is 724. The summed E-state index contributed by atoms with van der Waals surface area (Å²) >= 11 is 0. The molecule has 0 unspecified atom stereocenters. The fraction of sp³-hybridized carbons (Fsp3) is 0.333. The number of carbonyl (C=O) groups is 1. The molecule has 1 aliphatic heterocycles. The summed E-state index contributed by atoms with van der Waals surface area (Å²) in [5.41, 5.74) is 1.31. The van der Waals surface area contributed by atoms with Crippen LogP contribution in [0.4, 0.5) is 8.78 Å². The highest BCUT2D eigenvalue weighted by Crippen LogP contribution is 2.33. The Kier molecular flexibility index (Phi) is 4.85. The van der Waals surface area contributed by atoms with E-state index in [0.717, 1.165) is 17.8 Å². The Morgan fingerprint density at radius 3 is 2.79 bits per heavy atom. The second-order valence-corrected chi connectivity index (χ2v) is 5.95. The van der Waals surface area contributed by atoms with Crippen LogP contribution in [0, 0.1) is 11.6 Å². The third kappa shape index (κ3) is 3.59. The van der Waals surface area contributed by atoms with E-state index in [2.05, 4.69) is 4.98 Å². The number of amides is 1. The van der Waals surface area contributed by atoms with Gasteiger partial charge in [-0.1, -0.05) is 12.1 Å². The molecular weight excluding hydrogens is 314 g/mol. The van der Waals surface area contributed by atoms with Gasteiger partial charge in [0.1, 0.15) is 0 Å². The van der Waals surface area contributed by atoms with Crippen molar-refractivity contribution in [1.82, 2.24) is 9.88 Å². The van der Waals surface area contributed by atoms with Crippen molar-refractivity contribution in [2.45, 2.75) is 31.4 Å². The van der Waals surface area contributed by atoms with E-state index in [1.54, 1.807) is 17.2 Å². The molecule has 1 amide bonds. The lowest BCUT2D eigenvalue weighted by atomic mass is 10.0. The number of hydrogen-bond acceptors (Lipinski definition) is 3. The number of rotatable bonds is 4. The molecule has 2 heterocycles. The molecule has 0 radical (unpaired) electrons. The van der Waals surface area contributed by atoms with Crippen LogP contribution in [0.3, 0.4) is 0 Å². The molecule has 1 fully saturated rings. The van der Waals surface area contributed by atoms with Gasteiger partial charge in [0, 0.05) is 24.9 Å². The Morgan fingerprint density at radius 2 is 2.08 bits per heavy atom. The number of benzene rings is 1. The maximum Gasteiger partial charge on any atom is 0.223 e. The summed E-state index contributed by atoms with van der Waals surface area (Å²) in [5.74, 6) is -2.01. The van der Waals surface area contributed by atoms with Crippen molar-refractivity contribution in [3.8, 4) is 0 Å². The number of likely N-dealkylation sites (tertiary alicyclic amines) is 1. The van der Waals surface area contributed by atoms with Gasteiger partial charge >= 0.3 is 0 Å². The third-order valence-corrected chi connectivity index (χ3v) is 4.25. The van der Waals surface area contributed by atoms with Gasteiger partial charge in [0.2, 0.25) is 5.91 Å². The predicted octanol–water partition coefficient (Wildman–Crippen LogP) is 2.63. The van der Waals surface area contributed by atoms with Crippen molar-refractivity contribution >= 4 is 5.91 Å². The van der Waals surface area contributed by atoms with Crippen LogP contribution in [-0.4, -0.2) is 33.5 Å². The third-order valence-electron chi connectivity index (χ3n) is 4.25. The summed E-state index contributed by atoms with van der Waals surface area (Å²) in [6, 6.07) is 8.67. The summed E-state index contributed by atoms with van der Waals surface area (Å²) in [4.78, 5) is 18.2. The quantitative estimate of drug-likeness (QED) is 0.936. The van der Waals surface area contributed by atoms with E-state index >= 15 is 0 Å². The first-order valence-corrected chi connectivity index (χ1v) is 7.87. The van der Waals surface area contributed by atoms with Gasteiger partial charge in [0.15, 0.2) is 11.6 Å². The highest BCUT2D eigenvalue weighted by molar-refractivity contribution is 5.77. The minimum Gasteiger partial charge on any atom is -0.391 e. The van der Waals surface area contributed by atoms with Crippen LogP contribution in [0.2, 0.25) is 0 Å². The van der Waals surface area contributed by atoms with Crippen LogP contribution in [0.25, 0.3) is 0 Å². The molecule has 2 atom stereocenters. The van der Waals surface area contributed by atoms with Crippen LogP contribution >= 0.6 is 0 Å². The minimum absolute atomic E-state index is 0.132. The van der Waals surface area contributed by atoms with E-state index in [0.29, 0.717) is 18.4 Å². The second-order valence-electron chi connectivity index (χ2n) is 5.95. The summed E-state index contributed by atoms with van der Waals surface area (Å²) in [5, 5.41) is 9.92. The average Bonchev–Trinajstić information content (AvgIpc) is 2.98. The zero-order chi connectivity index (χ0) is 17.1. The number of halogens is 2. The first kappa shape index (κ1) is 16.5. The molecule has 24 heavy (non-hydrogen) atoms.